The molecule has 0 fully saturated rings. The van der Waals surface area contributed by atoms with E-state index in [9.17, 15) is 0 Å². The fourth-order valence-electron chi connectivity index (χ4n) is 0.764. The van der Waals surface area contributed by atoms with Crippen LogP contribution in [0.15, 0.2) is 12.1 Å². The van der Waals surface area contributed by atoms with Gasteiger partial charge in [0.15, 0.2) is 0 Å². The zero-order valence-corrected chi connectivity index (χ0v) is 7.14. The quantitative estimate of drug-likeness (QED) is 0.691. The van der Waals surface area contributed by atoms with E-state index in [0.717, 1.165) is 5.69 Å². The summed E-state index contributed by atoms with van der Waals surface area (Å²) in [6.45, 7) is 0. The molecule has 0 atom stereocenters. The number of nitrogens with zero attached hydrogens (tertiary/aromatic N) is 1. The number of ether oxygens (including phenoxy) is 1. The maximum Gasteiger partial charge on any atom is 0.238 e. The maximum absolute atomic E-state index is 5.63. The summed E-state index contributed by atoms with van der Waals surface area (Å²) in [6, 6.07) is 3.52. The minimum Gasteiger partial charge on any atom is -0.479 e. The Bertz CT molecular complexity index is 252. The van der Waals surface area contributed by atoms with Crippen LogP contribution >= 0.6 is 11.6 Å². The Hall–Kier alpha value is -0.960. The molecule has 3 nitrogen and oxygen atoms in total. The first-order valence-electron chi connectivity index (χ1n) is 3.16. The standard InChI is InChI=1S/C7H9ClN2O/c1-9-5-3-4-6(8)10-7(5)11-2/h3-4,9H,1-2H3. The molecule has 0 aliphatic rings. The van der Waals surface area contributed by atoms with Crippen LogP contribution in [0.2, 0.25) is 5.15 Å². The molecular weight excluding hydrogens is 164 g/mol. The molecule has 1 aromatic heterocycles. The molecule has 0 saturated carbocycles. The van der Waals surface area contributed by atoms with Crippen LogP contribution in [0.5, 0.6) is 5.88 Å². The van der Waals surface area contributed by atoms with Gasteiger partial charge in [-0.2, -0.15) is 4.98 Å². The van der Waals surface area contributed by atoms with Crippen LogP contribution in [-0.4, -0.2) is 19.1 Å². The van der Waals surface area contributed by atoms with Crippen molar-refractivity contribution in [2.24, 2.45) is 0 Å². The van der Waals surface area contributed by atoms with Crippen LogP contribution in [0.25, 0.3) is 0 Å². The topological polar surface area (TPSA) is 34.2 Å². The number of hydrogen-bond acceptors (Lipinski definition) is 3. The van der Waals surface area contributed by atoms with Gasteiger partial charge in [-0.3, -0.25) is 0 Å². The number of methoxy groups -OCH3 is 1. The normalized spacial score (nSPS) is 9.36. The number of anilines is 1. The highest BCUT2D eigenvalue weighted by molar-refractivity contribution is 6.29. The third-order valence-corrected chi connectivity index (χ3v) is 1.50. The molecule has 0 amide bonds. The Morgan fingerprint density at radius 2 is 2.27 bits per heavy atom. The van der Waals surface area contributed by atoms with Crippen LogP contribution in [-0.2, 0) is 0 Å². The summed E-state index contributed by atoms with van der Waals surface area (Å²) in [5.74, 6) is 0.514. The lowest BCUT2D eigenvalue weighted by molar-refractivity contribution is 0.400. The molecule has 0 aromatic carbocycles. The predicted octanol–water partition coefficient (Wildman–Crippen LogP) is 1.79. The van der Waals surface area contributed by atoms with Gasteiger partial charge in [-0.1, -0.05) is 11.6 Å². The lowest BCUT2D eigenvalue weighted by atomic mass is 10.4. The van der Waals surface area contributed by atoms with Crippen molar-refractivity contribution in [2.45, 2.75) is 0 Å². The van der Waals surface area contributed by atoms with Crippen molar-refractivity contribution < 1.29 is 4.74 Å². The van der Waals surface area contributed by atoms with Crippen molar-refractivity contribution >= 4 is 17.3 Å². The fourth-order valence-corrected chi connectivity index (χ4v) is 0.904. The minimum atomic E-state index is 0.431. The first kappa shape index (κ1) is 8.14. The summed E-state index contributed by atoms with van der Waals surface area (Å²) in [4.78, 5) is 3.94. The van der Waals surface area contributed by atoms with Crippen LogP contribution in [0.4, 0.5) is 5.69 Å². The average Bonchev–Trinajstić information content (AvgIpc) is 2.04. The van der Waals surface area contributed by atoms with Gasteiger partial charge in [0.1, 0.15) is 5.15 Å². The molecule has 0 radical (unpaired) electrons. The van der Waals surface area contributed by atoms with E-state index < -0.39 is 0 Å². The maximum atomic E-state index is 5.63. The van der Waals surface area contributed by atoms with E-state index in [4.69, 9.17) is 16.3 Å². The largest absolute Gasteiger partial charge is 0.479 e. The second-order valence-electron chi connectivity index (χ2n) is 1.94. The predicted molar refractivity (Wildman–Crippen MR) is 45.3 cm³/mol. The average molecular weight is 173 g/mol. The number of pyridine rings is 1. The molecule has 0 aliphatic heterocycles. The monoisotopic (exact) mass is 172 g/mol. The van der Waals surface area contributed by atoms with E-state index in [1.54, 1.807) is 20.2 Å². The zero-order valence-electron chi connectivity index (χ0n) is 6.39. The highest BCUT2D eigenvalue weighted by Crippen LogP contribution is 2.22. The third-order valence-electron chi connectivity index (χ3n) is 1.29. The highest BCUT2D eigenvalue weighted by Gasteiger charge is 2.01. The molecule has 1 heterocycles. The van der Waals surface area contributed by atoms with Gasteiger partial charge < -0.3 is 10.1 Å². The lowest BCUT2D eigenvalue weighted by Crippen LogP contribution is -1.95. The van der Waals surface area contributed by atoms with Crippen molar-refractivity contribution in [3.8, 4) is 5.88 Å². The molecule has 1 aromatic rings. The van der Waals surface area contributed by atoms with E-state index in [2.05, 4.69) is 10.3 Å². The molecule has 1 rings (SSSR count). The Morgan fingerprint density at radius 3 is 2.82 bits per heavy atom. The van der Waals surface area contributed by atoms with Gasteiger partial charge in [0.05, 0.1) is 12.8 Å². The van der Waals surface area contributed by atoms with E-state index in [1.165, 1.54) is 0 Å². The number of nitrogens with one attached hydrogen (secondary N) is 1. The summed E-state index contributed by atoms with van der Waals surface area (Å²) in [7, 11) is 3.35. The van der Waals surface area contributed by atoms with Gasteiger partial charge in [-0.25, -0.2) is 0 Å². The van der Waals surface area contributed by atoms with Crippen LogP contribution in [0, 0.1) is 0 Å². The van der Waals surface area contributed by atoms with E-state index >= 15 is 0 Å². The molecule has 0 bridgehead atoms. The summed E-state index contributed by atoms with van der Waals surface area (Å²) in [6.07, 6.45) is 0. The zero-order chi connectivity index (χ0) is 8.27. The number of aromatic nitrogens is 1. The van der Waals surface area contributed by atoms with Gasteiger partial charge >= 0.3 is 0 Å². The Balaban J connectivity index is 3.06. The van der Waals surface area contributed by atoms with Crippen molar-refractivity contribution in [3.05, 3.63) is 17.3 Å². The second-order valence-corrected chi connectivity index (χ2v) is 2.33. The number of halogens is 1. The molecule has 4 heteroatoms. The second kappa shape index (κ2) is 3.44. The van der Waals surface area contributed by atoms with Gasteiger partial charge in [-0.15, -0.1) is 0 Å². The van der Waals surface area contributed by atoms with Crippen molar-refractivity contribution in [1.82, 2.24) is 4.98 Å². The van der Waals surface area contributed by atoms with E-state index in [0.29, 0.717) is 11.0 Å². The van der Waals surface area contributed by atoms with Gasteiger partial charge in [0.2, 0.25) is 5.88 Å². The minimum absolute atomic E-state index is 0.431. The molecule has 0 spiro atoms. The molecule has 0 aliphatic carbocycles. The fraction of sp³-hybridized carbons (Fsp3) is 0.286. The summed E-state index contributed by atoms with van der Waals surface area (Å²) < 4.78 is 4.96. The van der Waals surface area contributed by atoms with Crippen LogP contribution < -0.4 is 10.1 Å². The van der Waals surface area contributed by atoms with Gasteiger partial charge in [-0.05, 0) is 12.1 Å². The molecule has 0 unspecified atom stereocenters. The third kappa shape index (κ3) is 1.74. The summed E-state index contributed by atoms with van der Waals surface area (Å²) >= 11 is 5.63. The van der Waals surface area contributed by atoms with Crippen molar-refractivity contribution in [3.63, 3.8) is 0 Å². The van der Waals surface area contributed by atoms with Crippen LogP contribution in [0.3, 0.4) is 0 Å². The SMILES string of the molecule is CNc1ccc(Cl)nc1OC. The van der Waals surface area contributed by atoms with Gasteiger partial charge in [0.25, 0.3) is 0 Å². The number of hydrogen-bond donors (Lipinski definition) is 1. The Kier molecular flexibility index (Phi) is 2.54. The van der Waals surface area contributed by atoms with Crippen molar-refractivity contribution in [1.29, 1.82) is 0 Å². The lowest BCUT2D eigenvalue weighted by Gasteiger charge is -2.05. The molecule has 0 saturated heterocycles. The Labute approximate surface area is 70.3 Å². The van der Waals surface area contributed by atoms with Gasteiger partial charge in [0, 0.05) is 7.05 Å². The first-order chi connectivity index (χ1) is 5.27. The summed E-state index contributed by atoms with van der Waals surface area (Å²) in [5.41, 5.74) is 0.830. The smallest absolute Gasteiger partial charge is 0.238 e. The summed E-state index contributed by atoms with van der Waals surface area (Å²) in [5, 5.41) is 3.36. The molecule has 11 heavy (non-hydrogen) atoms. The van der Waals surface area contributed by atoms with Crippen LogP contribution in [0.1, 0.15) is 0 Å². The molecular formula is C7H9ClN2O. The van der Waals surface area contributed by atoms with E-state index in [1.807, 2.05) is 6.07 Å². The molecule has 60 valence electrons. The Morgan fingerprint density at radius 1 is 1.55 bits per heavy atom. The molecule has 1 N–H and O–H groups in total. The first-order valence-corrected chi connectivity index (χ1v) is 3.54. The number of rotatable bonds is 2. The highest BCUT2D eigenvalue weighted by atomic mass is 35.5. The van der Waals surface area contributed by atoms with Crippen molar-refractivity contribution in [2.75, 3.05) is 19.5 Å². The van der Waals surface area contributed by atoms with E-state index in [-0.39, 0.29) is 0 Å².